The van der Waals surface area contributed by atoms with Gasteiger partial charge in [0, 0.05) is 11.8 Å². The number of nitrogens with one attached hydrogen (secondary N) is 1. The molecule has 2 aromatic rings. The fourth-order valence-electron chi connectivity index (χ4n) is 1.42. The number of hydrogen-bond acceptors (Lipinski definition) is 5. The van der Waals surface area contributed by atoms with E-state index in [0.29, 0.717) is 10.2 Å². The molecule has 0 amide bonds. The fourth-order valence-corrected chi connectivity index (χ4v) is 1.66. The van der Waals surface area contributed by atoms with Crippen molar-refractivity contribution in [3.05, 3.63) is 50.7 Å². The summed E-state index contributed by atoms with van der Waals surface area (Å²) in [5.41, 5.74) is 5.58. The molecule has 19 heavy (non-hydrogen) atoms. The van der Waals surface area contributed by atoms with Gasteiger partial charge in [-0.05, 0) is 40.2 Å². The van der Waals surface area contributed by atoms with Gasteiger partial charge in [0.05, 0.1) is 9.40 Å². The van der Waals surface area contributed by atoms with Crippen LogP contribution in [0.1, 0.15) is 0 Å². The van der Waals surface area contributed by atoms with Crippen molar-refractivity contribution in [2.45, 2.75) is 0 Å². The van der Waals surface area contributed by atoms with Crippen molar-refractivity contribution in [1.29, 1.82) is 0 Å². The van der Waals surface area contributed by atoms with Crippen LogP contribution in [0.3, 0.4) is 0 Å². The number of hydrogen-bond donors (Lipinski definition) is 2. The monoisotopic (exact) mass is 326 g/mol. The average Bonchev–Trinajstić information content (AvgIpc) is 2.33. The maximum absolute atomic E-state index is 13.4. The van der Waals surface area contributed by atoms with Crippen molar-refractivity contribution in [3.8, 4) is 0 Å². The Morgan fingerprint density at radius 3 is 2.74 bits per heavy atom. The van der Waals surface area contributed by atoms with Crippen LogP contribution in [0.25, 0.3) is 0 Å². The predicted molar refractivity (Wildman–Crippen MR) is 72.7 cm³/mol. The predicted octanol–water partition coefficient (Wildman–Crippen LogP) is 3.22. The van der Waals surface area contributed by atoms with E-state index >= 15 is 0 Å². The molecule has 8 heteroatoms. The largest absolute Gasteiger partial charge is 0.384 e. The van der Waals surface area contributed by atoms with E-state index in [4.69, 9.17) is 5.73 Å². The van der Waals surface area contributed by atoms with Gasteiger partial charge in [0.15, 0.2) is 0 Å². The van der Waals surface area contributed by atoms with Gasteiger partial charge in [-0.3, -0.25) is 10.1 Å². The van der Waals surface area contributed by atoms with Crippen molar-refractivity contribution in [1.82, 2.24) is 4.98 Å². The lowest BCUT2D eigenvalue weighted by atomic mass is 10.3. The summed E-state index contributed by atoms with van der Waals surface area (Å²) in [6, 6.07) is 6.79. The Balaban J connectivity index is 2.39. The molecular formula is C11H8BrFN4O2. The van der Waals surface area contributed by atoms with E-state index in [1.807, 2.05) is 0 Å². The van der Waals surface area contributed by atoms with Crippen LogP contribution in [-0.4, -0.2) is 9.91 Å². The fraction of sp³-hybridized carbons (Fsp3) is 0. The van der Waals surface area contributed by atoms with E-state index in [2.05, 4.69) is 26.2 Å². The Morgan fingerprint density at radius 2 is 2.11 bits per heavy atom. The van der Waals surface area contributed by atoms with Crippen LogP contribution in [0.5, 0.6) is 0 Å². The molecular weight excluding hydrogens is 319 g/mol. The van der Waals surface area contributed by atoms with Gasteiger partial charge in [-0.25, -0.2) is 9.37 Å². The highest BCUT2D eigenvalue weighted by molar-refractivity contribution is 9.10. The molecule has 0 bridgehead atoms. The smallest absolute Gasteiger partial charge is 0.311 e. The second-order valence-electron chi connectivity index (χ2n) is 3.61. The SMILES string of the molecule is Nc1ccc([N+](=O)[O-])c(Nc2ccc(Br)c(F)c2)n1. The minimum Gasteiger partial charge on any atom is -0.384 e. The van der Waals surface area contributed by atoms with Crippen molar-refractivity contribution in [2.75, 3.05) is 11.1 Å². The molecule has 0 saturated heterocycles. The van der Waals surface area contributed by atoms with E-state index in [1.165, 1.54) is 24.3 Å². The van der Waals surface area contributed by atoms with Crippen LogP contribution in [0.4, 0.5) is 27.4 Å². The number of anilines is 3. The maximum Gasteiger partial charge on any atom is 0.311 e. The number of rotatable bonds is 3. The molecule has 2 rings (SSSR count). The molecule has 0 aliphatic heterocycles. The van der Waals surface area contributed by atoms with Crippen LogP contribution < -0.4 is 11.1 Å². The van der Waals surface area contributed by atoms with E-state index < -0.39 is 10.7 Å². The Labute approximate surface area is 115 Å². The molecule has 1 heterocycles. The number of aromatic nitrogens is 1. The Hall–Kier alpha value is -2.22. The lowest BCUT2D eigenvalue weighted by molar-refractivity contribution is -0.384. The lowest BCUT2D eigenvalue weighted by Gasteiger charge is -2.07. The summed E-state index contributed by atoms with van der Waals surface area (Å²) in [5.74, 6) is -0.394. The second kappa shape index (κ2) is 5.19. The zero-order valence-electron chi connectivity index (χ0n) is 9.43. The van der Waals surface area contributed by atoms with E-state index in [1.54, 1.807) is 6.07 Å². The van der Waals surface area contributed by atoms with Gasteiger partial charge in [-0.2, -0.15) is 0 Å². The number of nitrogens with zero attached hydrogens (tertiary/aromatic N) is 2. The number of halogens is 2. The molecule has 1 aromatic carbocycles. The van der Waals surface area contributed by atoms with Gasteiger partial charge in [-0.15, -0.1) is 0 Å². The van der Waals surface area contributed by atoms with Crippen molar-refractivity contribution < 1.29 is 9.31 Å². The van der Waals surface area contributed by atoms with Crippen LogP contribution in [-0.2, 0) is 0 Å². The number of nitrogens with two attached hydrogens (primary N) is 1. The van der Waals surface area contributed by atoms with Gasteiger partial charge in [-0.1, -0.05) is 0 Å². The molecule has 0 spiro atoms. The van der Waals surface area contributed by atoms with Gasteiger partial charge in [0.2, 0.25) is 5.82 Å². The molecule has 0 radical (unpaired) electrons. The summed E-state index contributed by atoms with van der Waals surface area (Å²) in [7, 11) is 0. The van der Waals surface area contributed by atoms with Gasteiger partial charge >= 0.3 is 5.69 Å². The minimum atomic E-state index is -0.593. The molecule has 0 unspecified atom stereocenters. The molecule has 0 aliphatic rings. The zero-order chi connectivity index (χ0) is 14.0. The minimum absolute atomic E-state index is 0.0354. The maximum atomic E-state index is 13.4. The summed E-state index contributed by atoms with van der Waals surface area (Å²) >= 11 is 3.02. The van der Waals surface area contributed by atoms with E-state index in [0.717, 1.165) is 0 Å². The summed E-state index contributed by atoms with van der Waals surface area (Å²) < 4.78 is 13.7. The molecule has 0 fully saturated rings. The van der Waals surface area contributed by atoms with Crippen molar-refractivity contribution >= 4 is 38.9 Å². The summed E-state index contributed by atoms with van der Waals surface area (Å²) in [4.78, 5) is 14.1. The second-order valence-corrected chi connectivity index (χ2v) is 4.47. The topological polar surface area (TPSA) is 94.1 Å². The third-order valence-electron chi connectivity index (χ3n) is 2.27. The molecule has 0 aliphatic carbocycles. The lowest BCUT2D eigenvalue weighted by Crippen LogP contribution is -2.02. The summed E-state index contributed by atoms with van der Waals surface area (Å²) in [5, 5.41) is 13.5. The summed E-state index contributed by atoms with van der Waals surface area (Å²) in [6.45, 7) is 0. The molecule has 0 saturated carbocycles. The average molecular weight is 327 g/mol. The standard InChI is InChI=1S/C11H8BrFN4O2/c12-7-2-1-6(5-8(7)13)15-11-9(17(18)19)3-4-10(14)16-11/h1-5H,(H3,14,15,16). The van der Waals surface area contributed by atoms with Gasteiger partial charge in [0.25, 0.3) is 0 Å². The highest BCUT2D eigenvalue weighted by Gasteiger charge is 2.16. The molecule has 98 valence electrons. The third kappa shape index (κ3) is 2.97. The van der Waals surface area contributed by atoms with Crippen LogP contribution in [0, 0.1) is 15.9 Å². The first kappa shape index (κ1) is 13.2. The number of nitro groups is 1. The number of benzene rings is 1. The highest BCUT2D eigenvalue weighted by atomic mass is 79.9. The van der Waals surface area contributed by atoms with Gasteiger partial charge in [0.1, 0.15) is 11.6 Å². The normalized spacial score (nSPS) is 10.2. The first-order valence-electron chi connectivity index (χ1n) is 5.10. The van der Waals surface area contributed by atoms with Crippen LogP contribution in [0.2, 0.25) is 0 Å². The molecule has 6 nitrogen and oxygen atoms in total. The molecule has 0 atom stereocenters. The quantitative estimate of drug-likeness (QED) is 0.667. The van der Waals surface area contributed by atoms with Crippen LogP contribution in [0.15, 0.2) is 34.8 Å². The van der Waals surface area contributed by atoms with Gasteiger partial charge < -0.3 is 11.1 Å². The zero-order valence-corrected chi connectivity index (χ0v) is 11.0. The highest BCUT2D eigenvalue weighted by Crippen LogP contribution is 2.28. The van der Waals surface area contributed by atoms with Crippen LogP contribution >= 0.6 is 15.9 Å². The molecule has 3 N–H and O–H groups in total. The first-order valence-corrected chi connectivity index (χ1v) is 5.89. The number of nitrogen functional groups attached to an aromatic ring is 1. The van der Waals surface area contributed by atoms with Crippen molar-refractivity contribution in [2.24, 2.45) is 0 Å². The molecule has 1 aromatic heterocycles. The third-order valence-corrected chi connectivity index (χ3v) is 2.92. The Morgan fingerprint density at radius 1 is 1.37 bits per heavy atom. The van der Waals surface area contributed by atoms with Crippen molar-refractivity contribution in [3.63, 3.8) is 0 Å². The first-order chi connectivity index (χ1) is 8.97. The Bertz CT molecular complexity index is 651. The van der Waals surface area contributed by atoms with E-state index in [9.17, 15) is 14.5 Å². The van der Waals surface area contributed by atoms with E-state index in [-0.39, 0.29) is 17.3 Å². The Kier molecular flexibility index (Phi) is 3.61. The summed E-state index contributed by atoms with van der Waals surface area (Å²) in [6.07, 6.45) is 0. The number of pyridine rings is 1.